The van der Waals surface area contributed by atoms with Gasteiger partial charge in [0.25, 0.3) is 0 Å². The lowest BCUT2D eigenvalue weighted by atomic mass is 10.1. The van der Waals surface area contributed by atoms with Gasteiger partial charge in [0.2, 0.25) is 11.8 Å². The van der Waals surface area contributed by atoms with Crippen molar-refractivity contribution in [2.45, 2.75) is 45.3 Å². The molecular weight excluding hydrogens is 264 g/mol. The van der Waals surface area contributed by atoms with Crippen LogP contribution in [0.2, 0.25) is 0 Å². The topological polar surface area (TPSA) is 95.9 Å². The largest absolute Gasteiger partial charge is 0.480 e. The molecule has 1 saturated heterocycles. The maximum Gasteiger partial charge on any atom is 0.326 e. The molecule has 1 heterocycles. The van der Waals surface area contributed by atoms with E-state index < -0.39 is 12.0 Å². The number of ether oxygens (including phenoxy) is 1. The Hall–Kier alpha value is -1.63. The molecule has 2 unspecified atom stereocenters. The van der Waals surface area contributed by atoms with Crippen LogP contribution in [-0.2, 0) is 19.1 Å². The second-order valence-electron chi connectivity index (χ2n) is 4.92. The van der Waals surface area contributed by atoms with Gasteiger partial charge in [-0.15, -0.1) is 0 Å². The number of rotatable bonds is 7. The van der Waals surface area contributed by atoms with E-state index >= 15 is 0 Å². The number of nitrogens with zero attached hydrogens (tertiary/aromatic N) is 1. The van der Waals surface area contributed by atoms with E-state index in [1.54, 1.807) is 0 Å². The number of nitrogens with one attached hydrogen (secondary N) is 1. The molecule has 1 aliphatic rings. The number of hydrogen-bond donors (Lipinski definition) is 2. The van der Waals surface area contributed by atoms with Crippen LogP contribution in [0.25, 0.3) is 0 Å². The van der Waals surface area contributed by atoms with Gasteiger partial charge in [-0.1, -0.05) is 0 Å². The van der Waals surface area contributed by atoms with Gasteiger partial charge in [0.15, 0.2) is 0 Å². The fourth-order valence-corrected chi connectivity index (χ4v) is 2.14. The van der Waals surface area contributed by atoms with Gasteiger partial charge in [0.1, 0.15) is 6.04 Å². The molecule has 2 N–H and O–H groups in total. The Kier molecular flexibility index (Phi) is 6.44. The molecule has 1 rings (SSSR count). The van der Waals surface area contributed by atoms with Gasteiger partial charge in [-0.25, -0.2) is 4.79 Å². The zero-order chi connectivity index (χ0) is 15.1. The Morgan fingerprint density at radius 1 is 1.45 bits per heavy atom. The van der Waals surface area contributed by atoms with Gasteiger partial charge in [-0.2, -0.15) is 0 Å². The summed E-state index contributed by atoms with van der Waals surface area (Å²) in [5, 5.41) is 11.6. The summed E-state index contributed by atoms with van der Waals surface area (Å²) in [6.45, 7) is 3.91. The van der Waals surface area contributed by atoms with E-state index in [1.807, 2.05) is 0 Å². The number of hydrogen-bond acceptors (Lipinski definition) is 4. The third-order valence-electron chi connectivity index (χ3n) is 3.30. The van der Waals surface area contributed by atoms with E-state index in [-0.39, 0.29) is 37.4 Å². The predicted octanol–water partition coefficient (Wildman–Crippen LogP) is -0.00670. The maximum atomic E-state index is 12.2. The van der Waals surface area contributed by atoms with Crippen LogP contribution in [0.4, 0.5) is 0 Å². The highest BCUT2D eigenvalue weighted by atomic mass is 16.5. The van der Waals surface area contributed by atoms with Crippen LogP contribution in [0.3, 0.4) is 0 Å². The molecule has 0 aromatic carbocycles. The highest BCUT2D eigenvalue weighted by molar-refractivity contribution is 5.83. The van der Waals surface area contributed by atoms with Crippen LogP contribution in [0, 0.1) is 0 Å². The second-order valence-corrected chi connectivity index (χ2v) is 4.92. The number of carbonyl (C=O) groups is 3. The molecule has 114 valence electrons. The molecular formula is C13H22N2O5. The number of carboxylic acid groups (broad SMARTS) is 1. The second kappa shape index (κ2) is 7.84. The Labute approximate surface area is 118 Å². The number of carboxylic acids is 1. The first-order valence-corrected chi connectivity index (χ1v) is 6.80. The fourth-order valence-electron chi connectivity index (χ4n) is 2.14. The average molecular weight is 286 g/mol. The Morgan fingerprint density at radius 3 is 2.65 bits per heavy atom. The van der Waals surface area contributed by atoms with Gasteiger partial charge >= 0.3 is 5.97 Å². The Bertz CT molecular complexity index is 366. The summed E-state index contributed by atoms with van der Waals surface area (Å²) in [6.07, 6.45) is 1.83. The first-order chi connectivity index (χ1) is 9.41. The van der Waals surface area contributed by atoms with Crippen LogP contribution in [-0.4, -0.2) is 59.6 Å². The van der Waals surface area contributed by atoms with Crippen LogP contribution in [0.1, 0.15) is 33.1 Å². The quantitative estimate of drug-likeness (QED) is 0.686. The van der Waals surface area contributed by atoms with Crippen LogP contribution in [0.5, 0.6) is 0 Å². The van der Waals surface area contributed by atoms with Gasteiger partial charge in [-0.05, 0) is 19.8 Å². The maximum absolute atomic E-state index is 12.2. The van der Waals surface area contributed by atoms with Crippen LogP contribution in [0.15, 0.2) is 0 Å². The van der Waals surface area contributed by atoms with Gasteiger partial charge in [-0.3, -0.25) is 9.59 Å². The van der Waals surface area contributed by atoms with Gasteiger partial charge < -0.3 is 20.1 Å². The Balaban J connectivity index is 2.57. The highest BCUT2D eigenvalue weighted by Gasteiger charge is 2.28. The Morgan fingerprint density at radius 2 is 2.15 bits per heavy atom. The number of aliphatic carboxylic acids is 1. The number of carbonyl (C=O) groups excluding carboxylic acids is 2. The van der Waals surface area contributed by atoms with E-state index in [1.165, 1.54) is 18.7 Å². The molecule has 20 heavy (non-hydrogen) atoms. The minimum Gasteiger partial charge on any atom is -0.480 e. The summed E-state index contributed by atoms with van der Waals surface area (Å²) in [7, 11) is 0. The molecule has 0 radical (unpaired) electrons. The SMILES string of the molecule is CC(=O)NCCN(C(=O)CC1CCCO1)C(C)C(=O)O. The molecule has 2 atom stereocenters. The molecule has 0 aromatic rings. The minimum absolute atomic E-state index is 0.119. The molecule has 7 nitrogen and oxygen atoms in total. The highest BCUT2D eigenvalue weighted by Crippen LogP contribution is 2.17. The van der Waals surface area contributed by atoms with Crippen molar-refractivity contribution in [1.29, 1.82) is 0 Å². The fraction of sp³-hybridized carbons (Fsp3) is 0.769. The molecule has 0 aromatic heterocycles. The normalized spacial score (nSPS) is 19.4. The molecule has 2 amide bonds. The van der Waals surface area contributed by atoms with Crippen molar-refractivity contribution in [3.05, 3.63) is 0 Å². The van der Waals surface area contributed by atoms with E-state index in [0.717, 1.165) is 12.8 Å². The average Bonchev–Trinajstić information content (AvgIpc) is 2.86. The van der Waals surface area contributed by atoms with Crippen molar-refractivity contribution in [2.75, 3.05) is 19.7 Å². The molecule has 1 aliphatic heterocycles. The van der Waals surface area contributed by atoms with E-state index in [9.17, 15) is 14.4 Å². The summed E-state index contributed by atoms with van der Waals surface area (Å²) >= 11 is 0. The lowest BCUT2D eigenvalue weighted by Crippen LogP contribution is -2.47. The minimum atomic E-state index is -1.06. The molecule has 7 heteroatoms. The van der Waals surface area contributed by atoms with Crippen molar-refractivity contribution in [2.24, 2.45) is 0 Å². The van der Waals surface area contributed by atoms with Gasteiger partial charge in [0.05, 0.1) is 12.5 Å². The summed E-state index contributed by atoms with van der Waals surface area (Å²) in [6, 6.07) is -0.919. The smallest absolute Gasteiger partial charge is 0.326 e. The summed E-state index contributed by atoms with van der Waals surface area (Å²) in [5.74, 6) is -1.52. The van der Waals surface area contributed by atoms with Crippen LogP contribution < -0.4 is 5.32 Å². The lowest BCUT2D eigenvalue weighted by molar-refractivity contribution is -0.150. The van der Waals surface area contributed by atoms with Crippen molar-refractivity contribution in [1.82, 2.24) is 10.2 Å². The molecule has 0 saturated carbocycles. The third kappa shape index (κ3) is 5.16. The van der Waals surface area contributed by atoms with Crippen LogP contribution >= 0.6 is 0 Å². The summed E-state index contributed by atoms with van der Waals surface area (Å²) in [5.41, 5.74) is 0. The molecule has 0 bridgehead atoms. The number of amides is 2. The van der Waals surface area contributed by atoms with Crippen molar-refractivity contribution in [3.8, 4) is 0 Å². The third-order valence-corrected chi connectivity index (χ3v) is 3.30. The van der Waals surface area contributed by atoms with Crippen molar-refractivity contribution in [3.63, 3.8) is 0 Å². The molecule has 0 aliphatic carbocycles. The van der Waals surface area contributed by atoms with E-state index in [0.29, 0.717) is 6.61 Å². The first kappa shape index (κ1) is 16.4. The predicted molar refractivity (Wildman–Crippen MR) is 71.1 cm³/mol. The van der Waals surface area contributed by atoms with Gasteiger partial charge in [0, 0.05) is 26.6 Å². The molecule has 1 fully saturated rings. The zero-order valence-electron chi connectivity index (χ0n) is 11.9. The van der Waals surface area contributed by atoms with E-state index in [4.69, 9.17) is 9.84 Å². The first-order valence-electron chi connectivity index (χ1n) is 6.80. The lowest BCUT2D eigenvalue weighted by Gasteiger charge is -2.27. The standard InChI is InChI=1S/C13H22N2O5/c1-9(13(18)19)15(6-5-14-10(2)16)12(17)8-11-4-3-7-20-11/h9,11H,3-8H2,1-2H3,(H,14,16)(H,18,19). The monoisotopic (exact) mass is 286 g/mol. The van der Waals surface area contributed by atoms with Crippen molar-refractivity contribution < 1.29 is 24.2 Å². The van der Waals surface area contributed by atoms with Crippen molar-refractivity contribution >= 4 is 17.8 Å². The summed E-state index contributed by atoms with van der Waals surface area (Å²) in [4.78, 5) is 35.4. The molecule has 0 spiro atoms. The zero-order valence-corrected chi connectivity index (χ0v) is 11.9. The van der Waals surface area contributed by atoms with E-state index in [2.05, 4.69) is 5.32 Å². The summed E-state index contributed by atoms with van der Waals surface area (Å²) < 4.78 is 5.39.